The highest BCUT2D eigenvalue weighted by Crippen LogP contribution is 2.40. The fourth-order valence-electron chi connectivity index (χ4n) is 4.37. The SMILES string of the molecule is Cn1cc(-c2cc3c(OCCC4CCCCN4)c(-c4cnn(C)c4)cnc3cc2Cl)cn1. The number of aromatic nitrogens is 5. The first kappa shape index (κ1) is 21.0. The van der Waals surface area contributed by atoms with E-state index in [1.165, 1.54) is 19.3 Å². The highest BCUT2D eigenvalue weighted by Gasteiger charge is 2.18. The van der Waals surface area contributed by atoms with Gasteiger partial charge in [0.2, 0.25) is 0 Å². The van der Waals surface area contributed by atoms with Gasteiger partial charge in [-0.25, -0.2) is 0 Å². The Morgan fingerprint density at radius 3 is 2.44 bits per heavy atom. The number of nitrogens with one attached hydrogen (secondary N) is 1. The molecule has 1 N–H and O–H groups in total. The maximum atomic E-state index is 6.63. The Morgan fingerprint density at radius 2 is 1.78 bits per heavy atom. The minimum absolute atomic E-state index is 0.513. The number of pyridine rings is 1. The molecule has 0 radical (unpaired) electrons. The number of hydrogen-bond acceptors (Lipinski definition) is 5. The van der Waals surface area contributed by atoms with Gasteiger partial charge in [-0.3, -0.25) is 14.3 Å². The summed E-state index contributed by atoms with van der Waals surface area (Å²) in [4.78, 5) is 4.69. The molecule has 8 heteroatoms. The van der Waals surface area contributed by atoms with Crippen LogP contribution in [0.1, 0.15) is 25.7 Å². The Hall–Kier alpha value is -2.90. The van der Waals surface area contributed by atoms with Crippen LogP contribution in [-0.4, -0.2) is 43.7 Å². The summed E-state index contributed by atoms with van der Waals surface area (Å²) in [6, 6.07) is 4.48. The molecule has 1 aromatic carbocycles. The lowest BCUT2D eigenvalue weighted by atomic mass is 10.0. The molecule has 0 spiro atoms. The summed E-state index contributed by atoms with van der Waals surface area (Å²) in [5, 5.41) is 13.8. The van der Waals surface area contributed by atoms with E-state index in [1.54, 1.807) is 9.36 Å². The summed E-state index contributed by atoms with van der Waals surface area (Å²) in [5.74, 6) is 0.820. The number of fused-ring (bicyclic) bond motifs is 1. The summed E-state index contributed by atoms with van der Waals surface area (Å²) in [7, 11) is 3.81. The van der Waals surface area contributed by atoms with E-state index in [4.69, 9.17) is 21.3 Å². The number of ether oxygens (including phenoxy) is 1. The van der Waals surface area contributed by atoms with Crippen LogP contribution in [0.25, 0.3) is 33.2 Å². The van der Waals surface area contributed by atoms with Crippen molar-refractivity contribution in [2.75, 3.05) is 13.2 Å². The third kappa shape index (κ3) is 4.23. The van der Waals surface area contributed by atoms with Crippen molar-refractivity contribution in [3.8, 4) is 28.0 Å². The van der Waals surface area contributed by atoms with Gasteiger partial charge in [0.15, 0.2) is 0 Å². The van der Waals surface area contributed by atoms with Crippen molar-refractivity contribution < 1.29 is 4.74 Å². The smallest absolute Gasteiger partial charge is 0.138 e. The van der Waals surface area contributed by atoms with Crippen molar-refractivity contribution in [1.29, 1.82) is 0 Å². The van der Waals surface area contributed by atoms with Gasteiger partial charge < -0.3 is 10.1 Å². The average molecular weight is 451 g/mol. The monoisotopic (exact) mass is 450 g/mol. The second-order valence-corrected chi connectivity index (χ2v) is 8.85. The van der Waals surface area contributed by atoms with Gasteiger partial charge in [-0.1, -0.05) is 18.0 Å². The van der Waals surface area contributed by atoms with Crippen molar-refractivity contribution in [1.82, 2.24) is 29.9 Å². The Balaban J connectivity index is 1.56. The molecule has 7 nitrogen and oxygen atoms in total. The molecule has 32 heavy (non-hydrogen) atoms. The molecule has 1 aliphatic rings. The zero-order chi connectivity index (χ0) is 22.1. The molecule has 0 amide bonds. The molecular weight excluding hydrogens is 424 g/mol. The number of benzene rings is 1. The van der Waals surface area contributed by atoms with Gasteiger partial charge in [0.05, 0.1) is 29.5 Å². The standard InChI is InChI=1S/C24H27ClN6O/c1-30-14-16(11-28-30)19-9-20-23(10-22(19)25)27-13-21(17-12-29-31(2)15-17)24(20)32-8-6-18-5-3-4-7-26-18/h9-15,18,26H,3-8H2,1-2H3. The molecule has 166 valence electrons. The van der Waals surface area contributed by atoms with Crippen molar-refractivity contribution >= 4 is 22.5 Å². The lowest BCUT2D eigenvalue weighted by Crippen LogP contribution is -2.35. The molecule has 0 aliphatic carbocycles. The van der Waals surface area contributed by atoms with Crippen LogP contribution in [0.5, 0.6) is 5.75 Å². The highest BCUT2D eigenvalue weighted by molar-refractivity contribution is 6.34. The summed E-state index contributed by atoms with van der Waals surface area (Å²) < 4.78 is 10.0. The molecule has 4 aromatic rings. The third-order valence-electron chi connectivity index (χ3n) is 6.06. The van der Waals surface area contributed by atoms with E-state index in [0.29, 0.717) is 17.7 Å². The topological polar surface area (TPSA) is 69.8 Å². The van der Waals surface area contributed by atoms with E-state index in [9.17, 15) is 0 Å². The first-order chi connectivity index (χ1) is 15.6. The molecule has 3 aromatic heterocycles. The van der Waals surface area contributed by atoms with Crippen molar-refractivity contribution in [2.24, 2.45) is 14.1 Å². The van der Waals surface area contributed by atoms with Crippen molar-refractivity contribution in [3.05, 3.63) is 48.1 Å². The summed E-state index contributed by atoms with van der Waals surface area (Å²) in [6.45, 7) is 1.73. The molecule has 1 unspecified atom stereocenters. The van der Waals surface area contributed by atoms with Gasteiger partial charge in [0.1, 0.15) is 5.75 Å². The van der Waals surface area contributed by atoms with Crippen LogP contribution in [0, 0.1) is 0 Å². The lowest BCUT2D eigenvalue weighted by Gasteiger charge is -2.23. The normalized spacial score (nSPS) is 16.5. The molecule has 1 aliphatic heterocycles. The van der Waals surface area contributed by atoms with Gasteiger partial charge in [0.25, 0.3) is 0 Å². The predicted molar refractivity (Wildman–Crippen MR) is 127 cm³/mol. The van der Waals surface area contributed by atoms with E-state index < -0.39 is 0 Å². The number of hydrogen-bond donors (Lipinski definition) is 1. The number of aryl methyl sites for hydroxylation is 2. The molecule has 1 fully saturated rings. The number of nitrogens with zero attached hydrogens (tertiary/aromatic N) is 5. The minimum Gasteiger partial charge on any atom is -0.492 e. The first-order valence-corrected chi connectivity index (χ1v) is 11.4. The largest absolute Gasteiger partial charge is 0.492 e. The molecule has 1 atom stereocenters. The fourth-order valence-corrected chi connectivity index (χ4v) is 4.63. The maximum Gasteiger partial charge on any atom is 0.138 e. The van der Waals surface area contributed by atoms with Crippen LogP contribution in [0.15, 0.2) is 43.1 Å². The average Bonchev–Trinajstić information content (AvgIpc) is 3.42. The van der Waals surface area contributed by atoms with Crippen LogP contribution in [0.3, 0.4) is 0 Å². The Kier molecular flexibility index (Phi) is 5.85. The molecule has 4 heterocycles. The van der Waals surface area contributed by atoms with Gasteiger partial charge in [-0.2, -0.15) is 10.2 Å². The summed E-state index contributed by atoms with van der Waals surface area (Å²) in [5.41, 5.74) is 4.59. The lowest BCUT2D eigenvalue weighted by molar-refractivity contribution is 0.271. The fraction of sp³-hybridized carbons (Fsp3) is 0.375. The Morgan fingerprint density at radius 1 is 1.03 bits per heavy atom. The van der Waals surface area contributed by atoms with E-state index in [1.807, 2.05) is 51.1 Å². The van der Waals surface area contributed by atoms with Gasteiger partial charge in [0, 0.05) is 66.4 Å². The second kappa shape index (κ2) is 8.92. The number of halogens is 1. The van der Waals surface area contributed by atoms with Crippen molar-refractivity contribution in [2.45, 2.75) is 31.7 Å². The van der Waals surface area contributed by atoms with Crippen molar-refractivity contribution in [3.63, 3.8) is 0 Å². The van der Waals surface area contributed by atoms with E-state index in [0.717, 1.165) is 51.9 Å². The predicted octanol–water partition coefficient (Wildman–Crippen LogP) is 4.60. The van der Waals surface area contributed by atoms with E-state index in [2.05, 4.69) is 21.6 Å². The molecule has 0 saturated carbocycles. The van der Waals surface area contributed by atoms with Gasteiger partial charge >= 0.3 is 0 Å². The summed E-state index contributed by atoms with van der Waals surface area (Å²) >= 11 is 6.63. The molecule has 0 bridgehead atoms. The molecular formula is C24H27ClN6O. The van der Waals surface area contributed by atoms with E-state index in [-0.39, 0.29) is 0 Å². The van der Waals surface area contributed by atoms with Crippen LogP contribution >= 0.6 is 11.6 Å². The van der Waals surface area contributed by atoms with Crippen LogP contribution < -0.4 is 10.1 Å². The van der Waals surface area contributed by atoms with Crippen LogP contribution in [0.4, 0.5) is 0 Å². The Bertz CT molecular complexity index is 1240. The minimum atomic E-state index is 0.513. The van der Waals surface area contributed by atoms with E-state index >= 15 is 0 Å². The number of rotatable bonds is 6. The number of piperidine rings is 1. The van der Waals surface area contributed by atoms with Gasteiger partial charge in [-0.05, 0) is 37.9 Å². The molecule has 5 rings (SSSR count). The Labute approximate surface area is 192 Å². The maximum absolute atomic E-state index is 6.63. The third-order valence-corrected chi connectivity index (χ3v) is 6.38. The van der Waals surface area contributed by atoms with Crippen LogP contribution in [0.2, 0.25) is 5.02 Å². The molecule has 1 saturated heterocycles. The zero-order valence-corrected chi connectivity index (χ0v) is 19.1. The highest BCUT2D eigenvalue weighted by atomic mass is 35.5. The summed E-state index contributed by atoms with van der Waals surface area (Å²) in [6.07, 6.45) is 14.2. The van der Waals surface area contributed by atoms with Gasteiger partial charge in [-0.15, -0.1) is 0 Å². The first-order valence-electron chi connectivity index (χ1n) is 11.0. The quantitative estimate of drug-likeness (QED) is 0.465. The zero-order valence-electron chi connectivity index (χ0n) is 18.4. The second-order valence-electron chi connectivity index (χ2n) is 8.44. The van der Waals surface area contributed by atoms with Crippen LogP contribution in [-0.2, 0) is 14.1 Å².